The van der Waals surface area contributed by atoms with Crippen LogP contribution in [-0.2, 0) is 23.7 Å². The lowest BCUT2D eigenvalue weighted by Crippen LogP contribution is -2.15. The molecule has 0 aliphatic heterocycles. The van der Waals surface area contributed by atoms with Gasteiger partial charge in [-0.1, -0.05) is 86.4 Å². The first-order valence-electron chi connectivity index (χ1n) is 27.2. The van der Waals surface area contributed by atoms with Gasteiger partial charge >= 0.3 is 30.2 Å². The highest BCUT2D eigenvalue weighted by molar-refractivity contribution is 6.00. The molecule has 16 heteroatoms. The van der Waals surface area contributed by atoms with Crippen LogP contribution in [-0.4, -0.2) is 83.1 Å². The van der Waals surface area contributed by atoms with Crippen LogP contribution in [0.5, 0.6) is 28.7 Å². The Labute approximate surface area is 476 Å². The Kier molecular flexibility index (Phi) is 24.1. The number of carbonyl (C=O) groups excluding carboxylic acids is 5. The summed E-state index contributed by atoms with van der Waals surface area (Å²) in [5.41, 5.74) is 2.91. The molecule has 0 radical (unpaired) electrons. The monoisotopic (exact) mass is 1110 g/mol. The zero-order valence-corrected chi connectivity index (χ0v) is 45.6. The molecule has 0 saturated carbocycles. The van der Waals surface area contributed by atoms with E-state index in [-0.39, 0.29) is 59.5 Å². The third kappa shape index (κ3) is 19.5. The van der Waals surface area contributed by atoms with Crippen LogP contribution in [0, 0.1) is 11.3 Å². The molecule has 0 N–H and O–H groups in total. The van der Waals surface area contributed by atoms with Gasteiger partial charge in [0.05, 0.1) is 62.4 Å². The third-order valence-corrected chi connectivity index (χ3v) is 12.6. The first kappa shape index (κ1) is 60.3. The highest BCUT2D eigenvalue weighted by Gasteiger charge is 2.22. The Morgan fingerprint density at radius 1 is 0.402 bits per heavy atom. The molecule has 424 valence electrons. The molecular weight excluding hydrogens is 1050 g/mol. The Morgan fingerprint density at radius 2 is 0.829 bits per heavy atom. The molecule has 7 rings (SSSR count). The van der Waals surface area contributed by atoms with Gasteiger partial charge < -0.3 is 47.4 Å². The number of esters is 3. The van der Waals surface area contributed by atoms with Crippen LogP contribution in [0.3, 0.4) is 0 Å². The summed E-state index contributed by atoms with van der Waals surface area (Å²) in [5.74, 6) is -1.11. The fraction of sp³-hybridized carbons (Fsp3) is 0.273. The molecule has 0 fully saturated rings. The van der Waals surface area contributed by atoms with Crippen LogP contribution in [0.2, 0.25) is 0 Å². The molecule has 0 aromatic heterocycles. The second kappa shape index (κ2) is 32.7. The highest BCUT2D eigenvalue weighted by Crippen LogP contribution is 2.30. The molecule has 0 unspecified atom stereocenters. The van der Waals surface area contributed by atoms with Crippen molar-refractivity contribution in [3.63, 3.8) is 0 Å². The van der Waals surface area contributed by atoms with Gasteiger partial charge in [-0.2, -0.15) is 5.26 Å². The SMILES string of the molecule is C=CCOCCCCOC(=O)Oc1ccc2cc(C(=O)Oc3ccc(OC(=O)c4ccc5cc(OC(=O)OCCCCOCC=C)ccc5c4)c(C(=O)OCCCCCCCCOc4ccc(-c5ccc(C#N)cc5)cc4)c3)ccc2c1. The quantitative estimate of drug-likeness (QED) is 0.00961. The Hall–Kier alpha value is -9.30. The van der Waals surface area contributed by atoms with Crippen molar-refractivity contribution in [3.05, 3.63) is 187 Å². The second-order valence-electron chi connectivity index (χ2n) is 18.7. The molecule has 0 aliphatic rings. The molecule has 0 bridgehead atoms. The molecule has 0 atom stereocenters. The minimum absolute atomic E-state index is 0.00560. The summed E-state index contributed by atoms with van der Waals surface area (Å²) in [6.45, 7) is 10.2. The van der Waals surface area contributed by atoms with E-state index in [1.54, 1.807) is 97.1 Å². The van der Waals surface area contributed by atoms with Gasteiger partial charge in [0.25, 0.3) is 0 Å². The minimum Gasteiger partial charge on any atom is -0.494 e. The predicted molar refractivity (Wildman–Crippen MR) is 309 cm³/mol. The maximum atomic E-state index is 13.8. The maximum absolute atomic E-state index is 13.8. The van der Waals surface area contributed by atoms with Gasteiger partial charge in [-0.15, -0.1) is 13.2 Å². The standard InChI is InChI=1S/C66H65NO15/c1-3-33-73-35-11-13-39-77-65(71)80-57-29-25-50-41-54(21-19-52(50)43-57)62(68)79-59-31-32-61(82-63(69)55-22-20-53-44-58(30-26-51(53)42-55)81-66(72)78-40-14-12-36-74-34-4-2)60(45-59)64(70)76-38-10-8-6-5-7-9-37-75-56-27-23-49(24-28-56)48-17-15-47(46-67)16-18-48/h3-4,15-32,41-45H,1-2,5-14,33-40H2. The molecule has 0 saturated heterocycles. The summed E-state index contributed by atoms with van der Waals surface area (Å²) in [4.78, 5) is 65.8. The van der Waals surface area contributed by atoms with Crippen LogP contribution in [0.15, 0.2) is 165 Å². The summed E-state index contributed by atoms with van der Waals surface area (Å²) >= 11 is 0. The zero-order chi connectivity index (χ0) is 57.7. The van der Waals surface area contributed by atoms with Crippen molar-refractivity contribution in [1.29, 1.82) is 5.26 Å². The maximum Gasteiger partial charge on any atom is 0.513 e. The van der Waals surface area contributed by atoms with E-state index >= 15 is 0 Å². The van der Waals surface area contributed by atoms with E-state index in [2.05, 4.69) is 19.2 Å². The number of carbonyl (C=O) groups is 5. The second-order valence-corrected chi connectivity index (χ2v) is 18.7. The van der Waals surface area contributed by atoms with E-state index in [1.807, 2.05) is 36.4 Å². The van der Waals surface area contributed by atoms with Gasteiger partial charge in [-0.05, 0) is 162 Å². The van der Waals surface area contributed by atoms with Crippen LogP contribution in [0.25, 0.3) is 32.7 Å². The number of benzene rings is 7. The topological polar surface area (TPSA) is 201 Å². The van der Waals surface area contributed by atoms with Crippen molar-refractivity contribution in [2.75, 3.05) is 52.9 Å². The lowest BCUT2D eigenvalue weighted by atomic mass is 10.0. The number of nitriles is 1. The zero-order valence-electron chi connectivity index (χ0n) is 45.6. The molecule has 0 heterocycles. The molecule has 7 aromatic carbocycles. The molecule has 16 nitrogen and oxygen atoms in total. The van der Waals surface area contributed by atoms with Gasteiger partial charge in [0, 0.05) is 13.2 Å². The number of ether oxygens (including phenoxy) is 10. The third-order valence-electron chi connectivity index (χ3n) is 12.6. The molecule has 7 aromatic rings. The van der Waals surface area contributed by atoms with Gasteiger partial charge in [0.1, 0.15) is 34.3 Å². The van der Waals surface area contributed by atoms with Gasteiger partial charge in [0.2, 0.25) is 0 Å². The summed E-state index contributed by atoms with van der Waals surface area (Å²) in [6.07, 6.45) is 9.39. The van der Waals surface area contributed by atoms with Crippen LogP contribution < -0.4 is 23.7 Å². The average Bonchev–Trinajstić information content (AvgIpc) is 3.70. The van der Waals surface area contributed by atoms with Crippen molar-refractivity contribution in [1.82, 2.24) is 0 Å². The van der Waals surface area contributed by atoms with Crippen molar-refractivity contribution >= 4 is 51.8 Å². The predicted octanol–water partition coefficient (Wildman–Crippen LogP) is 14.5. The molecular formula is C66H65NO15. The van der Waals surface area contributed by atoms with Gasteiger partial charge in [-0.25, -0.2) is 24.0 Å². The van der Waals surface area contributed by atoms with E-state index in [9.17, 15) is 24.0 Å². The largest absolute Gasteiger partial charge is 0.513 e. The van der Waals surface area contributed by atoms with Crippen molar-refractivity contribution in [2.24, 2.45) is 0 Å². The summed E-state index contributed by atoms with van der Waals surface area (Å²) in [7, 11) is 0. The fourth-order valence-corrected chi connectivity index (χ4v) is 8.31. The number of rotatable bonds is 32. The molecule has 0 amide bonds. The highest BCUT2D eigenvalue weighted by atomic mass is 16.7. The smallest absolute Gasteiger partial charge is 0.494 e. The lowest BCUT2D eigenvalue weighted by molar-refractivity contribution is 0.0489. The number of unbranched alkanes of at least 4 members (excludes halogenated alkanes) is 7. The molecule has 0 spiro atoms. The van der Waals surface area contributed by atoms with Crippen molar-refractivity contribution < 1.29 is 71.3 Å². The number of hydrogen-bond acceptors (Lipinski definition) is 16. The Morgan fingerprint density at radius 3 is 1.38 bits per heavy atom. The number of nitrogens with zero attached hydrogens (tertiary/aromatic N) is 1. The first-order valence-corrected chi connectivity index (χ1v) is 27.2. The average molecular weight is 1110 g/mol. The van der Waals surface area contributed by atoms with Gasteiger partial charge in [0.15, 0.2) is 0 Å². The van der Waals surface area contributed by atoms with E-state index in [4.69, 9.17) is 52.6 Å². The Bertz CT molecular complexity index is 3330. The first-order chi connectivity index (χ1) is 40.1. The lowest BCUT2D eigenvalue weighted by Gasteiger charge is -2.13. The summed E-state index contributed by atoms with van der Waals surface area (Å²) in [5, 5.41) is 11.7. The van der Waals surface area contributed by atoms with Crippen LogP contribution >= 0.6 is 0 Å². The van der Waals surface area contributed by atoms with Crippen LogP contribution in [0.4, 0.5) is 9.59 Å². The van der Waals surface area contributed by atoms with Crippen molar-refractivity contribution in [3.8, 4) is 45.9 Å². The fourth-order valence-electron chi connectivity index (χ4n) is 8.31. The normalized spacial score (nSPS) is 10.8. The van der Waals surface area contributed by atoms with Gasteiger partial charge in [-0.3, -0.25) is 0 Å². The molecule has 0 aliphatic carbocycles. The van der Waals surface area contributed by atoms with E-state index < -0.39 is 30.2 Å². The van der Waals surface area contributed by atoms with E-state index in [1.165, 1.54) is 18.2 Å². The summed E-state index contributed by atoms with van der Waals surface area (Å²) < 4.78 is 55.0. The van der Waals surface area contributed by atoms with E-state index in [0.29, 0.717) is 92.2 Å². The number of hydrogen-bond donors (Lipinski definition) is 0. The van der Waals surface area contributed by atoms with Crippen molar-refractivity contribution in [2.45, 2.75) is 64.2 Å². The van der Waals surface area contributed by atoms with E-state index in [0.717, 1.165) is 49.0 Å². The Balaban J connectivity index is 0.927. The number of fused-ring (bicyclic) bond motifs is 2. The summed E-state index contributed by atoms with van der Waals surface area (Å²) in [6, 6.07) is 41.0. The molecule has 82 heavy (non-hydrogen) atoms. The van der Waals surface area contributed by atoms with Crippen LogP contribution in [0.1, 0.15) is 101 Å². The minimum atomic E-state index is -0.845.